The molecule has 0 radical (unpaired) electrons. The molecular weight excluding hydrogens is 830 g/mol. The van der Waals surface area contributed by atoms with E-state index in [0.717, 1.165) is 154 Å². The molecule has 0 amide bonds. The third-order valence-electron chi connectivity index (χ3n) is 11.2. The van der Waals surface area contributed by atoms with Crippen LogP contribution in [0.25, 0.3) is 0 Å². The van der Waals surface area contributed by atoms with E-state index in [9.17, 15) is 49.1 Å². The molecule has 0 saturated heterocycles. The molecule has 0 spiro atoms. The van der Waals surface area contributed by atoms with E-state index in [1.807, 2.05) is 0 Å². The van der Waals surface area contributed by atoms with Gasteiger partial charge in [-0.25, -0.2) is 0 Å². The summed E-state index contributed by atoms with van der Waals surface area (Å²) >= 11 is 0. The summed E-state index contributed by atoms with van der Waals surface area (Å²) in [5.74, 6) is -0.428. The highest BCUT2D eigenvalue weighted by Crippen LogP contribution is 2.26. The third kappa shape index (κ3) is 47.7. The van der Waals surface area contributed by atoms with Crippen molar-refractivity contribution in [2.24, 2.45) is 0 Å². The average molecular weight is 914 g/mol. The molecule has 0 unspecified atom stereocenters. The Labute approximate surface area is 368 Å². The first-order valence-electron chi connectivity index (χ1n) is 24.4. The van der Waals surface area contributed by atoms with Gasteiger partial charge >= 0.3 is 30.5 Å². The van der Waals surface area contributed by atoms with Crippen molar-refractivity contribution in [3.8, 4) is 0 Å². The van der Waals surface area contributed by atoms with E-state index in [2.05, 4.69) is 4.90 Å². The molecule has 0 rings (SSSR count). The van der Waals surface area contributed by atoms with Crippen LogP contribution in [0.3, 0.4) is 0 Å². The Morgan fingerprint density at radius 3 is 1.15 bits per heavy atom. The fourth-order valence-corrected chi connectivity index (χ4v) is 7.58. The summed E-state index contributed by atoms with van der Waals surface area (Å²) < 4.78 is 122. The number of unbranched alkanes of at least 4 members (excludes halogenated alkanes) is 23. The Morgan fingerprint density at radius 2 is 0.726 bits per heavy atom. The molecule has 0 fully saturated rings. The van der Waals surface area contributed by atoms with E-state index in [1.54, 1.807) is 0 Å². The number of carbonyl (C=O) groups is 2. The first kappa shape index (κ1) is 60.2. The molecule has 6 nitrogen and oxygen atoms in total. The summed E-state index contributed by atoms with van der Waals surface area (Å²) in [4.78, 5) is 27.4. The number of carbonyl (C=O) groups excluding carboxylic acids is 2. The van der Waals surface area contributed by atoms with Gasteiger partial charge in [0.2, 0.25) is 0 Å². The van der Waals surface area contributed by atoms with Gasteiger partial charge in [-0.05, 0) is 116 Å². The number of aliphatic hydroxyl groups excluding tert-OH is 1. The molecule has 0 atom stereocenters. The van der Waals surface area contributed by atoms with Gasteiger partial charge in [-0.1, -0.05) is 103 Å². The Bertz CT molecular complexity index is 999. The van der Waals surface area contributed by atoms with Crippen LogP contribution in [0.4, 0.5) is 39.5 Å². The van der Waals surface area contributed by atoms with E-state index in [1.165, 1.54) is 0 Å². The number of halogens is 9. The molecule has 15 heteroatoms. The lowest BCUT2D eigenvalue weighted by molar-refractivity contribution is -0.150. The molecule has 0 aliphatic carbocycles. The molecule has 62 heavy (non-hydrogen) atoms. The van der Waals surface area contributed by atoms with Crippen LogP contribution in [-0.2, 0) is 19.1 Å². The zero-order valence-corrected chi connectivity index (χ0v) is 38.0. The van der Waals surface area contributed by atoms with Crippen molar-refractivity contribution in [2.75, 3.05) is 32.8 Å². The zero-order valence-electron chi connectivity index (χ0n) is 38.0. The van der Waals surface area contributed by atoms with Crippen LogP contribution >= 0.6 is 0 Å². The average Bonchev–Trinajstić information content (AvgIpc) is 3.18. The number of hydrogen-bond donors (Lipinski definition) is 1. The van der Waals surface area contributed by atoms with Gasteiger partial charge in [-0.2, -0.15) is 39.5 Å². The minimum Gasteiger partial charge on any atom is -0.466 e. The monoisotopic (exact) mass is 914 g/mol. The van der Waals surface area contributed by atoms with Gasteiger partial charge in [-0.15, -0.1) is 0 Å². The second-order valence-corrected chi connectivity index (χ2v) is 17.3. The Balaban J connectivity index is 4.31. The Hall–Kier alpha value is -1.77. The summed E-state index contributed by atoms with van der Waals surface area (Å²) in [5, 5.41) is 9.17. The molecule has 0 saturated carbocycles. The number of esters is 2. The standard InChI is InChI=1S/C47H84F9NO5/c48-45(49,50)34-22-11-3-1-2-4-15-29-41-61-43(59)32-21-16-26-38-57(39-27-17-28-40-58)37-25-14-7-10-20-33-44(60)62-42(30-18-8-5-12-23-35-46(51,52)53)31-19-9-6-13-24-36-47(54,55)56/h42,58H,1-41H2. The number of alkyl halides is 9. The predicted molar refractivity (Wildman–Crippen MR) is 229 cm³/mol. The molecule has 0 heterocycles. The second-order valence-electron chi connectivity index (χ2n) is 17.3. The van der Waals surface area contributed by atoms with E-state index in [0.29, 0.717) is 64.4 Å². The van der Waals surface area contributed by atoms with Crippen molar-refractivity contribution in [1.29, 1.82) is 0 Å². The lowest BCUT2D eigenvalue weighted by Crippen LogP contribution is -2.27. The summed E-state index contributed by atoms with van der Waals surface area (Å²) in [6.07, 6.45) is 9.16. The van der Waals surface area contributed by atoms with Crippen molar-refractivity contribution in [3.05, 3.63) is 0 Å². The first-order valence-corrected chi connectivity index (χ1v) is 24.4. The van der Waals surface area contributed by atoms with Gasteiger partial charge in [0.25, 0.3) is 0 Å². The minimum absolute atomic E-state index is 0.111. The number of hydrogen-bond acceptors (Lipinski definition) is 6. The highest BCUT2D eigenvalue weighted by Gasteiger charge is 2.27. The summed E-state index contributed by atoms with van der Waals surface area (Å²) in [6.45, 7) is 3.47. The largest absolute Gasteiger partial charge is 0.466 e. The molecule has 0 aliphatic heterocycles. The van der Waals surface area contributed by atoms with Crippen molar-refractivity contribution < 1.29 is 63.7 Å². The summed E-state index contributed by atoms with van der Waals surface area (Å²) in [7, 11) is 0. The van der Waals surface area contributed by atoms with Crippen molar-refractivity contribution in [2.45, 2.75) is 256 Å². The summed E-state index contributed by atoms with van der Waals surface area (Å²) in [5.41, 5.74) is 0. The van der Waals surface area contributed by atoms with E-state index >= 15 is 0 Å². The van der Waals surface area contributed by atoms with Crippen LogP contribution in [0.1, 0.15) is 231 Å². The lowest BCUT2D eigenvalue weighted by Gasteiger charge is -2.22. The van der Waals surface area contributed by atoms with Crippen molar-refractivity contribution in [3.63, 3.8) is 0 Å². The Kier molecular flexibility index (Phi) is 38.5. The molecule has 0 aromatic carbocycles. The Morgan fingerprint density at radius 1 is 0.403 bits per heavy atom. The normalized spacial score (nSPS) is 12.5. The summed E-state index contributed by atoms with van der Waals surface area (Å²) in [6, 6.07) is 0. The van der Waals surface area contributed by atoms with Gasteiger partial charge < -0.3 is 19.5 Å². The maximum Gasteiger partial charge on any atom is 0.389 e. The van der Waals surface area contributed by atoms with E-state index in [4.69, 9.17) is 14.6 Å². The maximum atomic E-state index is 12.7. The number of aliphatic hydroxyl groups is 1. The van der Waals surface area contributed by atoms with Gasteiger partial charge in [0.1, 0.15) is 6.10 Å². The quantitative estimate of drug-likeness (QED) is 0.0373. The van der Waals surface area contributed by atoms with Gasteiger partial charge in [0, 0.05) is 38.7 Å². The molecule has 1 N–H and O–H groups in total. The van der Waals surface area contributed by atoms with Crippen LogP contribution in [-0.4, -0.2) is 79.4 Å². The van der Waals surface area contributed by atoms with Crippen LogP contribution in [0.2, 0.25) is 0 Å². The second kappa shape index (κ2) is 39.6. The third-order valence-corrected chi connectivity index (χ3v) is 11.2. The molecular formula is C47H84F9NO5. The van der Waals surface area contributed by atoms with Crippen LogP contribution in [0, 0.1) is 0 Å². The van der Waals surface area contributed by atoms with E-state index < -0.39 is 37.8 Å². The highest BCUT2D eigenvalue weighted by atomic mass is 19.4. The molecule has 0 aliphatic rings. The fourth-order valence-electron chi connectivity index (χ4n) is 7.58. The van der Waals surface area contributed by atoms with Crippen molar-refractivity contribution >= 4 is 11.9 Å². The van der Waals surface area contributed by atoms with Gasteiger partial charge in [0.15, 0.2) is 0 Å². The van der Waals surface area contributed by atoms with Crippen LogP contribution in [0.5, 0.6) is 0 Å². The lowest BCUT2D eigenvalue weighted by atomic mass is 10.0. The number of ether oxygens (including phenoxy) is 2. The first-order chi connectivity index (χ1) is 29.5. The highest BCUT2D eigenvalue weighted by molar-refractivity contribution is 5.69. The van der Waals surface area contributed by atoms with Gasteiger partial charge in [-0.3, -0.25) is 9.59 Å². The van der Waals surface area contributed by atoms with Crippen LogP contribution in [0.15, 0.2) is 0 Å². The smallest absolute Gasteiger partial charge is 0.389 e. The SMILES string of the molecule is O=C(CCCCCN(CCCCCO)CCCCCCCC(=O)OC(CCCCCCCC(F)(F)F)CCCCCCCC(F)(F)F)OCCCCCCCCCCC(F)(F)F. The minimum atomic E-state index is -4.14. The molecule has 370 valence electrons. The van der Waals surface area contributed by atoms with Crippen LogP contribution < -0.4 is 0 Å². The van der Waals surface area contributed by atoms with Gasteiger partial charge in [0.05, 0.1) is 6.61 Å². The maximum absolute atomic E-state index is 12.7. The predicted octanol–water partition coefficient (Wildman–Crippen LogP) is 15.5. The number of nitrogens with zero attached hydrogens (tertiary/aromatic N) is 1. The van der Waals surface area contributed by atoms with E-state index in [-0.39, 0.29) is 43.9 Å². The topological polar surface area (TPSA) is 76.1 Å². The molecule has 0 bridgehead atoms. The molecule has 0 aromatic heterocycles. The molecule has 0 aromatic rings. The zero-order chi connectivity index (χ0) is 46.2. The van der Waals surface area contributed by atoms with Crippen molar-refractivity contribution in [1.82, 2.24) is 4.90 Å². The number of rotatable bonds is 44. The fraction of sp³-hybridized carbons (Fsp3) is 0.957.